The molecule has 0 saturated carbocycles. The zero-order chi connectivity index (χ0) is 9.71. The minimum atomic E-state index is -0.190. The predicted molar refractivity (Wildman–Crippen MR) is 52.2 cm³/mol. The molecule has 0 N–H and O–H groups in total. The van der Waals surface area contributed by atoms with Crippen LogP contribution in [0.4, 0.5) is 4.39 Å². The first-order chi connectivity index (χ1) is 6.77. The average molecular weight is 190 g/mol. The van der Waals surface area contributed by atoms with E-state index in [2.05, 4.69) is 6.58 Å². The van der Waals surface area contributed by atoms with E-state index >= 15 is 0 Å². The number of ether oxygens (including phenoxy) is 1. The summed E-state index contributed by atoms with van der Waals surface area (Å²) in [5.74, 6) is 0.191. The van der Waals surface area contributed by atoms with Crippen LogP contribution in [0.25, 0.3) is 5.57 Å². The Morgan fingerprint density at radius 2 is 2.29 bits per heavy atom. The third kappa shape index (κ3) is 0.919. The van der Waals surface area contributed by atoms with Crippen LogP contribution in [0, 0.1) is 11.7 Å². The van der Waals surface area contributed by atoms with Crippen molar-refractivity contribution in [2.24, 2.45) is 5.92 Å². The molecule has 72 valence electrons. The predicted octanol–water partition coefficient (Wildman–Crippen LogP) is 2.93. The van der Waals surface area contributed by atoms with Gasteiger partial charge in [-0.1, -0.05) is 12.6 Å². The van der Waals surface area contributed by atoms with Gasteiger partial charge in [-0.3, -0.25) is 0 Å². The highest BCUT2D eigenvalue weighted by molar-refractivity contribution is 5.74. The van der Waals surface area contributed by atoms with Crippen molar-refractivity contribution in [1.29, 1.82) is 0 Å². The summed E-state index contributed by atoms with van der Waals surface area (Å²) in [5, 5.41) is 0. The Labute approximate surface area is 82.2 Å². The lowest BCUT2D eigenvalue weighted by Crippen LogP contribution is -1.98. The lowest BCUT2D eigenvalue weighted by molar-refractivity contribution is 0.105. The molecule has 1 aromatic carbocycles. The highest BCUT2D eigenvalue weighted by Gasteiger charge is 2.39. The van der Waals surface area contributed by atoms with Crippen molar-refractivity contribution in [2.75, 3.05) is 6.61 Å². The Morgan fingerprint density at radius 1 is 1.43 bits per heavy atom. The quantitative estimate of drug-likeness (QED) is 0.611. The summed E-state index contributed by atoms with van der Waals surface area (Å²) in [5.41, 5.74) is 3.11. The molecular formula is C12H11FO. The number of benzene rings is 1. The Morgan fingerprint density at radius 3 is 3.14 bits per heavy atom. The molecule has 0 unspecified atom stereocenters. The standard InChI is InChI=1S/C12H11FO/c1-7-9-4-5-14-12(9)10-3-2-8(13)6-11(7)10/h2-3,6,9,12H,1,4-5H2/t9-,12-/m1/s1. The first-order valence-corrected chi connectivity index (χ1v) is 4.87. The van der Waals surface area contributed by atoms with Gasteiger partial charge in [-0.25, -0.2) is 4.39 Å². The lowest BCUT2D eigenvalue weighted by atomic mass is 9.99. The van der Waals surface area contributed by atoms with Crippen LogP contribution in [-0.4, -0.2) is 6.61 Å². The van der Waals surface area contributed by atoms with Gasteiger partial charge in [0.05, 0.1) is 6.10 Å². The van der Waals surface area contributed by atoms with E-state index in [0.717, 1.165) is 29.7 Å². The molecule has 0 radical (unpaired) electrons. The van der Waals surface area contributed by atoms with E-state index in [9.17, 15) is 4.39 Å². The summed E-state index contributed by atoms with van der Waals surface area (Å²) in [4.78, 5) is 0. The summed E-state index contributed by atoms with van der Waals surface area (Å²) in [6.07, 6.45) is 1.15. The molecule has 0 aromatic heterocycles. The fourth-order valence-electron chi connectivity index (χ4n) is 2.51. The van der Waals surface area contributed by atoms with Gasteiger partial charge in [0.25, 0.3) is 0 Å². The van der Waals surface area contributed by atoms with E-state index < -0.39 is 0 Å². The van der Waals surface area contributed by atoms with Crippen molar-refractivity contribution in [2.45, 2.75) is 12.5 Å². The lowest BCUT2D eigenvalue weighted by Gasteiger charge is -2.08. The van der Waals surface area contributed by atoms with Crippen LogP contribution in [0.2, 0.25) is 0 Å². The Bertz CT molecular complexity index is 411. The molecule has 1 saturated heterocycles. The van der Waals surface area contributed by atoms with Gasteiger partial charge >= 0.3 is 0 Å². The number of fused-ring (bicyclic) bond motifs is 3. The van der Waals surface area contributed by atoms with Crippen LogP contribution < -0.4 is 0 Å². The maximum atomic E-state index is 13.0. The smallest absolute Gasteiger partial charge is 0.123 e. The van der Waals surface area contributed by atoms with Gasteiger partial charge in [0.1, 0.15) is 5.82 Å². The second-order valence-electron chi connectivity index (χ2n) is 3.94. The summed E-state index contributed by atoms with van der Waals surface area (Å²) < 4.78 is 18.7. The van der Waals surface area contributed by atoms with Crippen LogP contribution in [-0.2, 0) is 4.74 Å². The topological polar surface area (TPSA) is 9.23 Å². The Kier molecular flexibility index (Phi) is 1.56. The van der Waals surface area contributed by atoms with Gasteiger partial charge < -0.3 is 4.74 Å². The van der Waals surface area contributed by atoms with E-state index in [1.807, 2.05) is 6.07 Å². The van der Waals surface area contributed by atoms with Gasteiger partial charge in [0, 0.05) is 12.5 Å². The summed E-state index contributed by atoms with van der Waals surface area (Å²) in [6, 6.07) is 4.89. The zero-order valence-corrected chi connectivity index (χ0v) is 7.79. The fourth-order valence-corrected chi connectivity index (χ4v) is 2.51. The molecule has 2 heteroatoms. The molecule has 14 heavy (non-hydrogen) atoms. The highest BCUT2D eigenvalue weighted by atomic mass is 19.1. The van der Waals surface area contributed by atoms with E-state index in [-0.39, 0.29) is 11.9 Å². The Balaban J connectivity index is 2.17. The molecule has 0 bridgehead atoms. The van der Waals surface area contributed by atoms with E-state index in [1.54, 1.807) is 6.07 Å². The van der Waals surface area contributed by atoms with Crippen molar-refractivity contribution in [3.8, 4) is 0 Å². The maximum Gasteiger partial charge on any atom is 0.123 e. The molecule has 0 amide bonds. The van der Waals surface area contributed by atoms with Crippen LogP contribution in [0.5, 0.6) is 0 Å². The molecule has 1 aromatic rings. The monoisotopic (exact) mass is 190 g/mol. The summed E-state index contributed by atoms with van der Waals surface area (Å²) in [7, 11) is 0. The summed E-state index contributed by atoms with van der Waals surface area (Å²) >= 11 is 0. The number of halogens is 1. The van der Waals surface area contributed by atoms with Gasteiger partial charge in [0.2, 0.25) is 0 Å². The molecule has 1 fully saturated rings. The highest BCUT2D eigenvalue weighted by Crippen LogP contribution is 2.50. The van der Waals surface area contributed by atoms with Crippen LogP contribution in [0.1, 0.15) is 23.7 Å². The largest absolute Gasteiger partial charge is 0.373 e. The maximum absolute atomic E-state index is 13.0. The molecule has 2 atom stereocenters. The average Bonchev–Trinajstić information content (AvgIpc) is 2.72. The van der Waals surface area contributed by atoms with Crippen molar-refractivity contribution in [3.05, 3.63) is 41.7 Å². The van der Waals surface area contributed by atoms with Gasteiger partial charge in [-0.2, -0.15) is 0 Å². The first kappa shape index (κ1) is 8.18. The van der Waals surface area contributed by atoms with E-state index in [4.69, 9.17) is 4.74 Å². The SMILES string of the molecule is C=C1c2cc(F)ccc2[C@@H]2OCC[C@H]12. The first-order valence-electron chi connectivity index (χ1n) is 4.87. The fraction of sp³-hybridized carbons (Fsp3) is 0.333. The number of hydrogen-bond acceptors (Lipinski definition) is 1. The van der Waals surface area contributed by atoms with Crippen LogP contribution in [0.15, 0.2) is 24.8 Å². The molecule has 1 nitrogen and oxygen atoms in total. The van der Waals surface area contributed by atoms with Crippen molar-refractivity contribution < 1.29 is 9.13 Å². The van der Waals surface area contributed by atoms with Gasteiger partial charge in [0.15, 0.2) is 0 Å². The van der Waals surface area contributed by atoms with Crippen LogP contribution >= 0.6 is 0 Å². The third-order valence-electron chi connectivity index (χ3n) is 3.21. The minimum Gasteiger partial charge on any atom is -0.373 e. The van der Waals surface area contributed by atoms with Crippen molar-refractivity contribution in [3.63, 3.8) is 0 Å². The van der Waals surface area contributed by atoms with Gasteiger partial charge in [-0.05, 0) is 35.3 Å². The molecule has 3 rings (SSSR count). The van der Waals surface area contributed by atoms with Crippen molar-refractivity contribution >= 4 is 5.57 Å². The summed E-state index contributed by atoms with van der Waals surface area (Å²) in [6.45, 7) is 4.83. The molecule has 1 aliphatic heterocycles. The molecule has 1 aliphatic carbocycles. The van der Waals surface area contributed by atoms with Gasteiger partial charge in [-0.15, -0.1) is 0 Å². The number of rotatable bonds is 0. The number of hydrogen-bond donors (Lipinski definition) is 0. The Hall–Kier alpha value is -1.15. The minimum absolute atomic E-state index is 0.137. The molecule has 2 aliphatic rings. The van der Waals surface area contributed by atoms with E-state index in [0.29, 0.717) is 5.92 Å². The molecule has 0 spiro atoms. The molecular weight excluding hydrogens is 179 g/mol. The second-order valence-corrected chi connectivity index (χ2v) is 3.94. The van der Waals surface area contributed by atoms with E-state index in [1.165, 1.54) is 6.07 Å². The second kappa shape index (κ2) is 2.67. The zero-order valence-electron chi connectivity index (χ0n) is 7.79. The third-order valence-corrected chi connectivity index (χ3v) is 3.21. The normalized spacial score (nSPS) is 29.1. The molecule has 1 heterocycles. The van der Waals surface area contributed by atoms with Crippen LogP contribution in [0.3, 0.4) is 0 Å². The van der Waals surface area contributed by atoms with Crippen molar-refractivity contribution in [1.82, 2.24) is 0 Å².